The van der Waals surface area contributed by atoms with Gasteiger partial charge in [0.1, 0.15) is 17.3 Å². The summed E-state index contributed by atoms with van der Waals surface area (Å²) in [5, 5.41) is 15.3. The van der Waals surface area contributed by atoms with Gasteiger partial charge >= 0.3 is 0 Å². The molecular formula is C36H32FN5. The van der Waals surface area contributed by atoms with Crippen molar-refractivity contribution in [2.45, 2.75) is 13.8 Å². The average Bonchev–Trinajstić information content (AvgIpc) is 3.44. The molecule has 3 N–H and O–H groups in total. The number of aromatic amines is 1. The highest BCUT2D eigenvalue weighted by Gasteiger charge is 2.14. The summed E-state index contributed by atoms with van der Waals surface area (Å²) < 4.78 is 13.9. The summed E-state index contributed by atoms with van der Waals surface area (Å²) >= 11 is 0. The van der Waals surface area contributed by atoms with Gasteiger partial charge in [-0.3, -0.25) is 5.10 Å². The molecule has 5 rings (SSSR count). The molecule has 6 heteroatoms. The number of benzene rings is 3. The number of pyridine rings is 1. The smallest absolute Gasteiger partial charge is 0.133 e. The van der Waals surface area contributed by atoms with Crippen LogP contribution in [0.5, 0.6) is 0 Å². The van der Waals surface area contributed by atoms with Gasteiger partial charge in [-0.25, -0.2) is 9.37 Å². The SMILES string of the molecule is C=C/C(=C\C(=C/C)c1ccc2[nH]nc(C(=C)Nc3nccc(-c4cccc(F)c4)c3C)c2c1)NC(=C)c1ccccc1. The lowest BCUT2D eigenvalue weighted by atomic mass is 10.0. The minimum absolute atomic E-state index is 0.283. The summed E-state index contributed by atoms with van der Waals surface area (Å²) in [5.74, 6) is 0.348. The number of nitrogens with one attached hydrogen (secondary N) is 3. The second-order valence-corrected chi connectivity index (χ2v) is 9.80. The first-order chi connectivity index (χ1) is 20.4. The van der Waals surface area contributed by atoms with E-state index in [1.165, 1.54) is 12.1 Å². The molecule has 3 aromatic carbocycles. The van der Waals surface area contributed by atoms with Gasteiger partial charge < -0.3 is 10.6 Å². The molecule has 0 bridgehead atoms. The molecule has 0 radical (unpaired) electrons. The summed E-state index contributed by atoms with van der Waals surface area (Å²) in [7, 11) is 0. The van der Waals surface area contributed by atoms with Gasteiger partial charge in [-0.2, -0.15) is 5.10 Å². The average molecular weight is 554 g/mol. The van der Waals surface area contributed by atoms with E-state index in [1.807, 2.05) is 74.5 Å². The number of halogens is 1. The van der Waals surface area contributed by atoms with Gasteiger partial charge in [0.05, 0.1) is 11.2 Å². The zero-order valence-corrected chi connectivity index (χ0v) is 23.7. The molecule has 0 amide bonds. The Bertz CT molecular complexity index is 1860. The lowest BCUT2D eigenvalue weighted by Crippen LogP contribution is -2.09. The van der Waals surface area contributed by atoms with E-state index < -0.39 is 0 Å². The first-order valence-corrected chi connectivity index (χ1v) is 13.6. The number of rotatable bonds is 10. The van der Waals surface area contributed by atoms with Gasteiger partial charge in [0.25, 0.3) is 0 Å². The molecule has 2 heterocycles. The lowest BCUT2D eigenvalue weighted by molar-refractivity contribution is 0.628. The second kappa shape index (κ2) is 12.4. The summed E-state index contributed by atoms with van der Waals surface area (Å²) in [5.41, 5.74) is 9.36. The van der Waals surface area contributed by atoms with Crippen LogP contribution in [-0.2, 0) is 0 Å². The summed E-state index contributed by atoms with van der Waals surface area (Å²) in [6, 6.07) is 24.5. The Labute approximate surface area is 245 Å². The third kappa shape index (κ3) is 5.98. The molecular weight excluding hydrogens is 521 g/mol. The molecule has 0 fully saturated rings. The van der Waals surface area contributed by atoms with Crippen molar-refractivity contribution in [1.82, 2.24) is 20.5 Å². The predicted molar refractivity (Wildman–Crippen MR) is 174 cm³/mol. The highest BCUT2D eigenvalue weighted by molar-refractivity contribution is 5.95. The number of anilines is 1. The van der Waals surface area contributed by atoms with Gasteiger partial charge in [0.15, 0.2) is 0 Å². The Morgan fingerprint density at radius 3 is 2.48 bits per heavy atom. The van der Waals surface area contributed by atoms with E-state index in [0.717, 1.165) is 55.7 Å². The van der Waals surface area contributed by atoms with Crippen LogP contribution in [0, 0.1) is 12.7 Å². The van der Waals surface area contributed by atoms with Crippen LogP contribution in [0.1, 0.15) is 29.3 Å². The fourth-order valence-corrected chi connectivity index (χ4v) is 4.79. The van der Waals surface area contributed by atoms with E-state index in [1.54, 1.807) is 18.3 Å². The molecule has 5 aromatic rings. The first-order valence-electron chi connectivity index (χ1n) is 13.6. The van der Waals surface area contributed by atoms with Crippen LogP contribution in [0.3, 0.4) is 0 Å². The highest BCUT2D eigenvalue weighted by atomic mass is 19.1. The van der Waals surface area contributed by atoms with Crippen LogP contribution >= 0.6 is 0 Å². The molecule has 0 saturated heterocycles. The van der Waals surface area contributed by atoms with Crippen LogP contribution in [0.4, 0.5) is 10.2 Å². The second-order valence-electron chi connectivity index (χ2n) is 9.80. The number of fused-ring (bicyclic) bond motifs is 1. The predicted octanol–water partition coefficient (Wildman–Crippen LogP) is 8.89. The number of H-pyrrole nitrogens is 1. The van der Waals surface area contributed by atoms with Gasteiger partial charge in [0.2, 0.25) is 0 Å². The van der Waals surface area contributed by atoms with Crippen LogP contribution in [0.2, 0.25) is 0 Å². The van der Waals surface area contributed by atoms with Crippen molar-refractivity contribution in [3.05, 3.63) is 157 Å². The first kappa shape index (κ1) is 28.1. The van der Waals surface area contributed by atoms with Crippen molar-refractivity contribution in [1.29, 1.82) is 0 Å². The topological polar surface area (TPSA) is 65.6 Å². The maximum Gasteiger partial charge on any atom is 0.133 e. The Kier molecular flexibility index (Phi) is 8.25. The highest BCUT2D eigenvalue weighted by Crippen LogP contribution is 2.31. The molecule has 5 nitrogen and oxygen atoms in total. The Morgan fingerprint density at radius 2 is 1.74 bits per heavy atom. The zero-order valence-electron chi connectivity index (χ0n) is 23.7. The van der Waals surface area contributed by atoms with Gasteiger partial charge in [-0.15, -0.1) is 0 Å². The van der Waals surface area contributed by atoms with Crippen LogP contribution in [0.25, 0.3) is 39.0 Å². The fraction of sp³-hybridized carbons (Fsp3) is 0.0556. The monoisotopic (exact) mass is 553 g/mol. The van der Waals surface area contributed by atoms with Crippen LogP contribution < -0.4 is 10.6 Å². The maximum absolute atomic E-state index is 13.9. The van der Waals surface area contributed by atoms with Crippen molar-refractivity contribution in [2.24, 2.45) is 0 Å². The van der Waals surface area contributed by atoms with E-state index >= 15 is 0 Å². The molecule has 0 saturated carbocycles. The number of nitrogens with zero attached hydrogens (tertiary/aromatic N) is 2. The number of aromatic nitrogens is 3. The van der Waals surface area contributed by atoms with E-state index in [9.17, 15) is 4.39 Å². The van der Waals surface area contributed by atoms with Crippen molar-refractivity contribution >= 4 is 33.7 Å². The molecule has 0 aliphatic carbocycles. The standard InChI is InChI=1S/C36H32FN5/c1-6-26(21-31(7-2)39-24(4)27-12-9-8-10-13-27)28-16-17-34-33(22-28)35(42-41-34)25(5)40-36-23(3)32(18-19-38-36)29-14-11-15-30(37)20-29/h6-22,39H,2,4-5H2,1,3H3,(H,38,40)(H,41,42)/b26-6+,31-21+. The normalized spacial score (nSPS) is 11.8. The molecule has 0 spiro atoms. The molecule has 208 valence electrons. The molecule has 0 atom stereocenters. The van der Waals surface area contributed by atoms with Crippen LogP contribution in [0.15, 0.2) is 129 Å². The van der Waals surface area contributed by atoms with Crippen molar-refractivity contribution < 1.29 is 4.39 Å². The Hall–Kier alpha value is -5.49. The third-order valence-corrected chi connectivity index (χ3v) is 7.05. The van der Waals surface area contributed by atoms with Gasteiger partial charge in [-0.1, -0.05) is 74.3 Å². The lowest BCUT2D eigenvalue weighted by Gasteiger charge is -2.14. The van der Waals surface area contributed by atoms with E-state index in [-0.39, 0.29) is 5.82 Å². The quantitative estimate of drug-likeness (QED) is 0.151. The molecule has 0 aliphatic rings. The molecule has 0 unspecified atom stereocenters. The summed E-state index contributed by atoms with van der Waals surface area (Å²) in [6.45, 7) is 16.4. The third-order valence-electron chi connectivity index (χ3n) is 7.05. The van der Waals surface area contributed by atoms with Crippen molar-refractivity contribution in [2.75, 3.05) is 5.32 Å². The Morgan fingerprint density at radius 1 is 0.929 bits per heavy atom. The number of allylic oxidation sites excluding steroid dienone is 4. The van der Waals surface area contributed by atoms with E-state index in [2.05, 4.69) is 57.7 Å². The molecule has 2 aromatic heterocycles. The minimum atomic E-state index is -0.283. The molecule has 42 heavy (non-hydrogen) atoms. The minimum Gasteiger partial charge on any atom is -0.356 e. The van der Waals surface area contributed by atoms with Crippen molar-refractivity contribution in [3.63, 3.8) is 0 Å². The summed E-state index contributed by atoms with van der Waals surface area (Å²) in [6.07, 6.45) is 7.57. The Balaban J connectivity index is 1.41. The summed E-state index contributed by atoms with van der Waals surface area (Å²) in [4.78, 5) is 4.52. The van der Waals surface area contributed by atoms with Crippen LogP contribution in [-0.4, -0.2) is 15.2 Å². The fourth-order valence-electron chi connectivity index (χ4n) is 4.79. The zero-order chi connectivity index (χ0) is 29.6. The maximum atomic E-state index is 13.9. The van der Waals surface area contributed by atoms with Gasteiger partial charge in [-0.05, 0) is 89.7 Å². The number of hydrogen-bond acceptors (Lipinski definition) is 4. The van der Waals surface area contributed by atoms with Gasteiger partial charge in [0, 0.05) is 23.0 Å². The number of hydrogen-bond donors (Lipinski definition) is 3. The largest absolute Gasteiger partial charge is 0.356 e. The van der Waals surface area contributed by atoms with E-state index in [4.69, 9.17) is 0 Å². The van der Waals surface area contributed by atoms with E-state index in [0.29, 0.717) is 17.2 Å². The van der Waals surface area contributed by atoms with Crippen molar-refractivity contribution in [3.8, 4) is 11.1 Å². The molecule has 0 aliphatic heterocycles.